The van der Waals surface area contributed by atoms with Crippen LogP contribution in [-0.2, 0) is 10.1 Å². The van der Waals surface area contributed by atoms with Crippen LogP contribution in [0.4, 0.5) is 0 Å². The maximum Gasteiger partial charge on any atom is 0.124 e. The van der Waals surface area contributed by atoms with Gasteiger partial charge in [-0.15, -0.1) is 0 Å². The summed E-state index contributed by atoms with van der Waals surface area (Å²) in [7, 11) is 1.63. The zero-order valence-corrected chi connectivity index (χ0v) is 12.9. The van der Waals surface area contributed by atoms with E-state index in [1.165, 1.54) is 0 Å². The van der Waals surface area contributed by atoms with Crippen LogP contribution in [0.5, 0.6) is 0 Å². The summed E-state index contributed by atoms with van der Waals surface area (Å²) in [6.07, 6.45) is 4.61. The number of hydrogen-bond donors (Lipinski definition) is 0. The largest absolute Gasteiger partial charge is 0.746 e. The van der Waals surface area contributed by atoms with Crippen LogP contribution in [0.3, 0.4) is 0 Å². The third-order valence-electron chi connectivity index (χ3n) is 2.57. The summed E-state index contributed by atoms with van der Waals surface area (Å²) < 4.78 is 34.8. The Kier molecular flexibility index (Phi) is 6.88. The van der Waals surface area contributed by atoms with Crippen molar-refractivity contribution in [1.82, 2.24) is 4.90 Å². The Bertz CT molecular complexity index is 358. The first-order valence-corrected chi connectivity index (χ1v) is 7.72. The highest BCUT2D eigenvalue weighted by atomic mass is 32.2. The summed E-state index contributed by atoms with van der Waals surface area (Å²) in [4.78, 5) is 1.64. The Balaban J connectivity index is 4.97. The number of allylic oxidation sites excluding steroid dienone is 1. The van der Waals surface area contributed by atoms with Gasteiger partial charge in [0.25, 0.3) is 0 Å². The molecule has 0 aliphatic carbocycles. The van der Waals surface area contributed by atoms with Crippen LogP contribution < -0.4 is 0 Å². The second-order valence-corrected chi connectivity index (χ2v) is 7.00. The van der Waals surface area contributed by atoms with E-state index in [9.17, 15) is 13.0 Å². The van der Waals surface area contributed by atoms with Crippen LogP contribution in [0.2, 0.25) is 0 Å². The average Bonchev–Trinajstić information content (AvgIpc) is 2.14. The van der Waals surface area contributed by atoms with Gasteiger partial charge in [0.2, 0.25) is 0 Å². The van der Waals surface area contributed by atoms with E-state index in [0.29, 0.717) is 24.0 Å². The predicted molar refractivity (Wildman–Crippen MR) is 72.8 cm³/mol. The van der Waals surface area contributed by atoms with Crippen LogP contribution in [-0.4, -0.2) is 62.0 Å². The van der Waals surface area contributed by atoms with Gasteiger partial charge in [0.05, 0.1) is 27.7 Å². The molecular formula is C12H26N2O3S. The minimum Gasteiger partial charge on any atom is -0.746 e. The van der Waals surface area contributed by atoms with Crippen LogP contribution >= 0.6 is 0 Å². The van der Waals surface area contributed by atoms with Gasteiger partial charge in [0.15, 0.2) is 0 Å². The molecule has 0 rings (SSSR count). The van der Waals surface area contributed by atoms with Crippen LogP contribution in [0.25, 0.3) is 0 Å². The Morgan fingerprint density at radius 3 is 2.22 bits per heavy atom. The molecule has 0 N–H and O–H groups in total. The molecule has 0 radical (unpaired) electrons. The summed E-state index contributed by atoms with van der Waals surface area (Å²) in [5.41, 5.74) is 0. The van der Waals surface area contributed by atoms with Gasteiger partial charge in [-0.05, 0) is 19.5 Å². The lowest BCUT2D eigenvalue weighted by Crippen LogP contribution is -2.44. The van der Waals surface area contributed by atoms with E-state index in [-0.39, 0.29) is 0 Å². The predicted octanol–water partition coefficient (Wildman–Crippen LogP) is 1.20. The molecular weight excluding hydrogens is 252 g/mol. The van der Waals surface area contributed by atoms with Crippen molar-refractivity contribution in [2.75, 3.05) is 34.2 Å². The standard InChI is InChI=1S/C12H26N2O3S/c1-6-9-13(10-7-2)12(18(15,16)17)8-11-14(3,4)5/h6,9,12H,7-8,10-11H2,1-5H3. The topological polar surface area (TPSA) is 60.4 Å². The maximum absolute atomic E-state index is 11.4. The Labute approximate surface area is 111 Å². The lowest BCUT2D eigenvalue weighted by atomic mass is 10.3. The molecule has 0 bridgehead atoms. The highest BCUT2D eigenvalue weighted by Gasteiger charge is 2.24. The van der Waals surface area contributed by atoms with Gasteiger partial charge in [-0.1, -0.05) is 13.0 Å². The second-order valence-electron chi connectivity index (χ2n) is 5.47. The summed E-state index contributed by atoms with van der Waals surface area (Å²) in [5, 5.41) is -0.967. The lowest BCUT2D eigenvalue weighted by molar-refractivity contribution is -0.870. The zero-order valence-electron chi connectivity index (χ0n) is 12.1. The first kappa shape index (κ1) is 17.4. The second kappa shape index (κ2) is 7.11. The fourth-order valence-corrected chi connectivity index (χ4v) is 2.64. The molecule has 0 saturated carbocycles. The molecule has 0 amide bonds. The van der Waals surface area contributed by atoms with E-state index in [0.717, 1.165) is 6.42 Å². The normalized spacial score (nSPS) is 15.0. The maximum atomic E-state index is 11.4. The van der Waals surface area contributed by atoms with Gasteiger partial charge in [0.1, 0.15) is 15.5 Å². The fraction of sp³-hybridized carbons (Fsp3) is 0.833. The molecule has 1 atom stereocenters. The number of quaternary nitrogens is 1. The Morgan fingerprint density at radius 2 is 1.89 bits per heavy atom. The van der Waals surface area contributed by atoms with Crippen molar-refractivity contribution in [3.8, 4) is 0 Å². The molecule has 108 valence electrons. The first-order chi connectivity index (χ1) is 8.11. The van der Waals surface area contributed by atoms with E-state index in [1.807, 2.05) is 35.0 Å². The highest BCUT2D eigenvalue weighted by Crippen LogP contribution is 2.14. The summed E-state index contributed by atoms with van der Waals surface area (Å²) >= 11 is 0. The molecule has 18 heavy (non-hydrogen) atoms. The molecule has 0 aromatic rings. The van der Waals surface area contributed by atoms with Gasteiger partial charge in [-0.3, -0.25) is 0 Å². The number of nitrogens with zero attached hydrogens (tertiary/aromatic N) is 2. The van der Waals surface area contributed by atoms with Gasteiger partial charge in [0, 0.05) is 13.0 Å². The molecule has 0 fully saturated rings. The van der Waals surface area contributed by atoms with Crippen molar-refractivity contribution in [3.05, 3.63) is 12.3 Å². The molecule has 0 aromatic heterocycles. The van der Waals surface area contributed by atoms with E-state index in [2.05, 4.69) is 0 Å². The quantitative estimate of drug-likeness (QED) is 0.494. The van der Waals surface area contributed by atoms with Crippen LogP contribution in [0.1, 0.15) is 26.7 Å². The van der Waals surface area contributed by atoms with Gasteiger partial charge < -0.3 is 13.9 Å². The zero-order chi connectivity index (χ0) is 14.4. The van der Waals surface area contributed by atoms with Crippen molar-refractivity contribution < 1.29 is 17.5 Å². The van der Waals surface area contributed by atoms with Crippen molar-refractivity contribution in [2.24, 2.45) is 0 Å². The highest BCUT2D eigenvalue weighted by molar-refractivity contribution is 7.86. The van der Waals surface area contributed by atoms with Gasteiger partial charge in [-0.2, -0.15) is 0 Å². The number of hydrogen-bond acceptors (Lipinski definition) is 4. The van der Waals surface area contributed by atoms with Crippen molar-refractivity contribution in [2.45, 2.75) is 32.1 Å². The molecule has 0 heterocycles. The van der Waals surface area contributed by atoms with Gasteiger partial charge in [-0.25, -0.2) is 8.42 Å². The fourth-order valence-electron chi connectivity index (χ4n) is 1.74. The first-order valence-electron chi connectivity index (χ1n) is 6.25. The lowest BCUT2D eigenvalue weighted by Gasteiger charge is -2.34. The Morgan fingerprint density at radius 1 is 1.33 bits per heavy atom. The van der Waals surface area contributed by atoms with Gasteiger partial charge >= 0.3 is 0 Å². The van der Waals surface area contributed by atoms with Crippen LogP contribution in [0, 0.1) is 0 Å². The molecule has 1 unspecified atom stereocenters. The third-order valence-corrected chi connectivity index (χ3v) is 3.75. The van der Waals surface area contributed by atoms with E-state index in [4.69, 9.17) is 0 Å². The molecule has 5 nitrogen and oxygen atoms in total. The molecule has 0 saturated heterocycles. The summed E-state index contributed by atoms with van der Waals surface area (Å²) in [5.74, 6) is 0. The molecule has 6 heteroatoms. The smallest absolute Gasteiger partial charge is 0.124 e. The molecule has 0 aliphatic rings. The van der Waals surface area contributed by atoms with E-state index in [1.54, 1.807) is 17.2 Å². The molecule has 0 spiro atoms. The van der Waals surface area contributed by atoms with Crippen molar-refractivity contribution in [1.29, 1.82) is 0 Å². The van der Waals surface area contributed by atoms with Crippen molar-refractivity contribution >= 4 is 10.1 Å². The van der Waals surface area contributed by atoms with E-state index < -0.39 is 15.5 Å². The average molecular weight is 278 g/mol. The van der Waals surface area contributed by atoms with Crippen LogP contribution in [0.15, 0.2) is 12.3 Å². The summed E-state index contributed by atoms with van der Waals surface area (Å²) in [6.45, 7) is 5.00. The summed E-state index contributed by atoms with van der Waals surface area (Å²) in [6, 6.07) is 0. The van der Waals surface area contributed by atoms with Crippen molar-refractivity contribution in [3.63, 3.8) is 0 Å². The number of rotatable bonds is 8. The molecule has 0 aliphatic heterocycles. The minimum atomic E-state index is -4.32. The van der Waals surface area contributed by atoms with E-state index >= 15 is 0 Å². The third kappa shape index (κ3) is 6.98. The minimum absolute atomic E-state index is 0.347. The SMILES string of the molecule is CC=CN(CCC)C(CC[N+](C)(C)C)S(=O)(=O)[O-]. The molecule has 0 aromatic carbocycles. The monoisotopic (exact) mass is 278 g/mol. The Hall–Kier alpha value is -0.590.